The van der Waals surface area contributed by atoms with E-state index in [0.29, 0.717) is 11.0 Å². The van der Waals surface area contributed by atoms with Gasteiger partial charge in [0.25, 0.3) is 0 Å². The van der Waals surface area contributed by atoms with Gasteiger partial charge < -0.3 is 10.1 Å². The van der Waals surface area contributed by atoms with Gasteiger partial charge in [0.2, 0.25) is 5.88 Å². The van der Waals surface area contributed by atoms with E-state index in [-0.39, 0.29) is 0 Å². The summed E-state index contributed by atoms with van der Waals surface area (Å²) < 4.78 is 5.82. The van der Waals surface area contributed by atoms with E-state index < -0.39 is 0 Å². The summed E-state index contributed by atoms with van der Waals surface area (Å²) in [5, 5.41) is 3.96. The molecule has 0 saturated heterocycles. The predicted octanol–water partition coefficient (Wildman–Crippen LogP) is 4.12. The number of ether oxygens (including phenoxy) is 1. The highest BCUT2D eigenvalue weighted by atomic mass is 32.2. The molecule has 0 saturated carbocycles. The number of hydrogen-bond acceptors (Lipinski definition) is 5. The topological polar surface area (TPSA) is 47.0 Å². The molecular weight excluding hydrogens is 270 g/mol. The van der Waals surface area contributed by atoms with E-state index in [4.69, 9.17) is 4.74 Å². The Morgan fingerprint density at radius 3 is 2.80 bits per heavy atom. The summed E-state index contributed by atoms with van der Waals surface area (Å²) in [5.41, 5.74) is 1.16. The molecular formula is C15H19N3OS. The van der Waals surface area contributed by atoms with Gasteiger partial charge >= 0.3 is 0 Å². The molecule has 0 radical (unpaired) electrons. The maximum absolute atomic E-state index is 5.82. The fourth-order valence-corrected chi connectivity index (χ4v) is 2.06. The number of anilines is 1. The van der Waals surface area contributed by atoms with Gasteiger partial charge in [-0.05, 0) is 37.3 Å². The number of benzene rings is 1. The highest BCUT2D eigenvalue weighted by Crippen LogP contribution is 2.24. The second-order valence-electron chi connectivity index (χ2n) is 4.42. The van der Waals surface area contributed by atoms with E-state index in [1.54, 1.807) is 0 Å². The lowest BCUT2D eigenvalue weighted by Gasteiger charge is -2.09. The van der Waals surface area contributed by atoms with Gasteiger partial charge in [-0.1, -0.05) is 30.8 Å². The fraction of sp³-hybridized carbons (Fsp3) is 0.333. The molecule has 0 unspecified atom stereocenters. The molecule has 0 bridgehead atoms. The molecule has 1 aromatic heterocycles. The predicted molar refractivity (Wildman–Crippen MR) is 83.8 cm³/mol. The van der Waals surface area contributed by atoms with Gasteiger partial charge in [-0.15, -0.1) is 0 Å². The van der Waals surface area contributed by atoms with Crippen molar-refractivity contribution >= 4 is 17.6 Å². The zero-order valence-corrected chi connectivity index (χ0v) is 12.8. The zero-order chi connectivity index (χ0) is 14.4. The van der Waals surface area contributed by atoms with Crippen molar-refractivity contribution < 1.29 is 4.74 Å². The van der Waals surface area contributed by atoms with Crippen molar-refractivity contribution in [2.75, 3.05) is 18.1 Å². The third-order valence-corrected chi connectivity index (χ3v) is 3.18. The van der Waals surface area contributed by atoms with Crippen molar-refractivity contribution in [1.29, 1.82) is 0 Å². The third-order valence-electron chi connectivity index (χ3n) is 2.63. The van der Waals surface area contributed by atoms with Crippen LogP contribution in [0.2, 0.25) is 0 Å². The van der Waals surface area contributed by atoms with E-state index in [1.807, 2.05) is 43.5 Å². The molecule has 2 aromatic rings. The molecule has 1 N–H and O–H groups in total. The molecule has 1 heterocycles. The number of hydrogen-bond donors (Lipinski definition) is 1. The van der Waals surface area contributed by atoms with E-state index in [2.05, 4.69) is 22.2 Å². The smallest absolute Gasteiger partial charge is 0.225 e. The van der Waals surface area contributed by atoms with Crippen molar-refractivity contribution in [3.05, 3.63) is 35.9 Å². The van der Waals surface area contributed by atoms with Crippen LogP contribution >= 0.6 is 11.8 Å². The van der Waals surface area contributed by atoms with Crippen molar-refractivity contribution in [2.45, 2.75) is 25.4 Å². The number of nitrogens with zero attached hydrogens (tertiary/aromatic N) is 2. The minimum Gasteiger partial charge on any atom is -0.439 e. The Kier molecular flexibility index (Phi) is 5.24. The van der Waals surface area contributed by atoms with Crippen molar-refractivity contribution in [3.63, 3.8) is 0 Å². The number of aryl methyl sites for hydroxylation is 1. The number of aromatic nitrogens is 2. The largest absolute Gasteiger partial charge is 0.439 e. The Balaban J connectivity index is 2.21. The van der Waals surface area contributed by atoms with Crippen LogP contribution in [0.3, 0.4) is 0 Å². The molecule has 0 spiro atoms. The molecule has 0 atom stereocenters. The van der Waals surface area contributed by atoms with Gasteiger partial charge in [0.15, 0.2) is 5.16 Å². The molecule has 0 aliphatic rings. The highest BCUT2D eigenvalue weighted by Gasteiger charge is 2.06. The Labute approximate surface area is 124 Å². The summed E-state index contributed by atoms with van der Waals surface area (Å²) in [4.78, 5) is 8.78. The second-order valence-corrected chi connectivity index (χ2v) is 5.20. The summed E-state index contributed by atoms with van der Waals surface area (Å²) in [7, 11) is 0. The monoisotopic (exact) mass is 289 g/mol. The van der Waals surface area contributed by atoms with Crippen LogP contribution in [0.25, 0.3) is 0 Å². The van der Waals surface area contributed by atoms with Crippen LogP contribution in [0.1, 0.15) is 18.9 Å². The summed E-state index contributed by atoms with van der Waals surface area (Å²) in [6.07, 6.45) is 3.00. The normalized spacial score (nSPS) is 10.3. The Bertz CT molecular complexity index is 575. The minimum atomic E-state index is 0.563. The van der Waals surface area contributed by atoms with Crippen LogP contribution in [-0.2, 0) is 0 Å². The minimum absolute atomic E-state index is 0.563. The van der Waals surface area contributed by atoms with Crippen LogP contribution in [0.5, 0.6) is 11.6 Å². The van der Waals surface area contributed by atoms with Crippen molar-refractivity contribution in [2.24, 2.45) is 0 Å². The zero-order valence-electron chi connectivity index (χ0n) is 12.0. The van der Waals surface area contributed by atoms with Gasteiger partial charge in [0.1, 0.15) is 11.6 Å². The number of thioether (sulfide) groups is 1. The summed E-state index contributed by atoms with van der Waals surface area (Å²) in [6.45, 7) is 5.04. The van der Waals surface area contributed by atoms with Crippen LogP contribution in [-0.4, -0.2) is 22.8 Å². The van der Waals surface area contributed by atoms with Crippen LogP contribution < -0.4 is 10.1 Å². The molecule has 106 valence electrons. The Morgan fingerprint density at radius 2 is 2.10 bits per heavy atom. The standard InChI is InChI=1S/C15H19N3OS/c1-4-8-16-13-10-14(18-15(17-13)20-3)19-12-7-5-6-11(2)9-12/h5-7,9-10H,4,8H2,1-3H3,(H,16,17,18). The molecule has 20 heavy (non-hydrogen) atoms. The first kappa shape index (κ1) is 14.7. The molecule has 0 aliphatic heterocycles. The lowest BCUT2D eigenvalue weighted by Crippen LogP contribution is -2.04. The maximum atomic E-state index is 5.82. The Hall–Kier alpha value is -1.75. The first-order valence-electron chi connectivity index (χ1n) is 6.62. The maximum Gasteiger partial charge on any atom is 0.225 e. The number of rotatable bonds is 6. The summed E-state index contributed by atoms with van der Waals surface area (Å²) >= 11 is 1.50. The van der Waals surface area contributed by atoms with E-state index in [1.165, 1.54) is 11.8 Å². The van der Waals surface area contributed by atoms with Gasteiger partial charge in [0, 0.05) is 12.6 Å². The first-order chi connectivity index (χ1) is 9.71. The number of nitrogens with one attached hydrogen (secondary N) is 1. The molecule has 4 nitrogen and oxygen atoms in total. The lowest BCUT2D eigenvalue weighted by molar-refractivity contribution is 0.455. The molecule has 0 fully saturated rings. The quantitative estimate of drug-likeness (QED) is 0.640. The van der Waals surface area contributed by atoms with Gasteiger partial charge in [0.05, 0.1) is 0 Å². The first-order valence-corrected chi connectivity index (χ1v) is 7.85. The average molecular weight is 289 g/mol. The average Bonchev–Trinajstić information content (AvgIpc) is 2.45. The van der Waals surface area contributed by atoms with Crippen molar-refractivity contribution in [1.82, 2.24) is 9.97 Å². The molecule has 2 rings (SSSR count). The second kappa shape index (κ2) is 7.14. The molecule has 0 aliphatic carbocycles. The van der Waals surface area contributed by atoms with Crippen molar-refractivity contribution in [3.8, 4) is 11.6 Å². The Morgan fingerprint density at radius 1 is 1.25 bits per heavy atom. The molecule has 1 aromatic carbocycles. The summed E-state index contributed by atoms with van der Waals surface area (Å²) in [6, 6.07) is 9.75. The summed E-state index contributed by atoms with van der Waals surface area (Å²) in [5.74, 6) is 2.15. The SMILES string of the molecule is CCCNc1cc(Oc2cccc(C)c2)nc(SC)n1. The molecule has 0 amide bonds. The van der Waals surface area contributed by atoms with Gasteiger partial charge in [-0.3, -0.25) is 0 Å². The third kappa shape index (κ3) is 4.13. The van der Waals surface area contributed by atoms with Crippen LogP contribution in [0.15, 0.2) is 35.5 Å². The van der Waals surface area contributed by atoms with E-state index in [0.717, 1.165) is 30.1 Å². The van der Waals surface area contributed by atoms with E-state index >= 15 is 0 Å². The highest BCUT2D eigenvalue weighted by molar-refractivity contribution is 7.98. The fourth-order valence-electron chi connectivity index (χ4n) is 1.69. The van der Waals surface area contributed by atoms with Crippen LogP contribution in [0.4, 0.5) is 5.82 Å². The lowest BCUT2D eigenvalue weighted by atomic mass is 10.2. The van der Waals surface area contributed by atoms with Gasteiger partial charge in [-0.25, -0.2) is 4.98 Å². The van der Waals surface area contributed by atoms with Crippen LogP contribution in [0, 0.1) is 6.92 Å². The van der Waals surface area contributed by atoms with Gasteiger partial charge in [-0.2, -0.15) is 4.98 Å². The molecule has 5 heteroatoms. The van der Waals surface area contributed by atoms with E-state index in [9.17, 15) is 0 Å².